The van der Waals surface area contributed by atoms with Crippen LogP contribution < -0.4 is 9.47 Å². The molecular weight excluding hydrogens is 408 g/mol. The fourth-order valence-electron chi connectivity index (χ4n) is 4.89. The van der Waals surface area contributed by atoms with Gasteiger partial charge in [0, 0.05) is 30.9 Å². The van der Waals surface area contributed by atoms with Gasteiger partial charge < -0.3 is 19.3 Å². The lowest BCUT2D eigenvalue weighted by Gasteiger charge is -2.45. The van der Waals surface area contributed by atoms with E-state index in [0.29, 0.717) is 24.4 Å². The summed E-state index contributed by atoms with van der Waals surface area (Å²) in [7, 11) is 0. The number of unbranched alkanes of at least 4 members (excludes halogenated alkanes) is 3. The van der Waals surface area contributed by atoms with E-state index in [2.05, 4.69) is 20.8 Å². The summed E-state index contributed by atoms with van der Waals surface area (Å²) in [6.45, 7) is 12.5. The van der Waals surface area contributed by atoms with Gasteiger partial charge in [0.1, 0.15) is 17.1 Å². The molecule has 0 saturated carbocycles. The summed E-state index contributed by atoms with van der Waals surface area (Å²) < 4.78 is 17.3. The Labute approximate surface area is 192 Å². The summed E-state index contributed by atoms with van der Waals surface area (Å²) in [5.41, 5.74) is 1.06. The molecule has 0 aliphatic carbocycles. The average molecular weight is 449 g/mol. The molecule has 1 aromatic carbocycles. The normalized spacial score (nSPS) is 19.6. The zero-order chi connectivity index (χ0) is 23.9. The molecule has 2 rings (SSSR count). The highest BCUT2D eigenvalue weighted by Crippen LogP contribution is 2.52. The van der Waals surface area contributed by atoms with Gasteiger partial charge in [-0.1, -0.05) is 46.5 Å². The van der Waals surface area contributed by atoms with Gasteiger partial charge in [0.25, 0.3) is 6.47 Å². The molecule has 0 amide bonds. The molecule has 1 aliphatic heterocycles. The van der Waals surface area contributed by atoms with Crippen molar-refractivity contribution in [2.45, 2.75) is 97.0 Å². The number of rotatable bonds is 12. The first-order chi connectivity index (χ1) is 15.1. The molecule has 0 bridgehead atoms. The molecule has 0 unspecified atom stereocenters. The van der Waals surface area contributed by atoms with Gasteiger partial charge in [0.05, 0.1) is 6.61 Å². The molecule has 0 fully saturated rings. The zero-order valence-electron chi connectivity index (χ0n) is 20.5. The Morgan fingerprint density at radius 3 is 2.56 bits per heavy atom. The minimum absolute atomic E-state index is 0.0177. The second-order valence-electron chi connectivity index (χ2n) is 10.0. The van der Waals surface area contributed by atoms with Crippen molar-refractivity contribution in [1.82, 2.24) is 0 Å². The van der Waals surface area contributed by atoms with Gasteiger partial charge in [-0.15, -0.1) is 0 Å². The van der Waals surface area contributed by atoms with Gasteiger partial charge >= 0.3 is 5.97 Å². The van der Waals surface area contributed by atoms with Crippen LogP contribution in [0.15, 0.2) is 12.1 Å². The lowest BCUT2D eigenvalue weighted by molar-refractivity contribution is -0.133. The minimum atomic E-state index is -0.593. The predicted octanol–water partition coefficient (Wildman–Crippen LogP) is 5.29. The van der Waals surface area contributed by atoms with Crippen molar-refractivity contribution in [1.29, 1.82) is 0 Å². The number of hydrogen-bond acceptors (Lipinski definition) is 6. The van der Waals surface area contributed by atoms with Crippen LogP contribution in [0.2, 0.25) is 0 Å². The Kier molecular flexibility index (Phi) is 9.14. The van der Waals surface area contributed by atoms with Crippen LogP contribution in [-0.2, 0) is 19.7 Å². The van der Waals surface area contributed by atoms with Gasteiger partial charge in [0.2, 0.25) is 0 Å². The quantitative estimate of drug-likeness (QED) is 0.203. The van der Waals surface area contributed by atoms with Crippen molar-refractivity contribution in [3.63, 3.8) is 0 Å². The van der Waals surface area contributed by atoms with E-state index in [0.717, 1.165) is 24.0 Å². The SMILES string of the molecule is CCCCCCC(C)(C)c1cc(OC(C)=O)c2c(c1)OC(C)(C)[C@H](CCO)[C@H]2COC=O. The lowest BCUT2D eigenvalue weighted by Crippen LogP contribution is -2.46. The second kappa shape index (κ2) is 11.2. The topological polar surface area (TPSA) is 82.1 Å². The summed E-state index contributed by atoms with van der Waals surface area (Å²) in [4.78, 5) is 23.0. The summed E-state index contributed by atoms with van der Waals surface area (Å²) in [6.07, 6.45) is 6.22. The third-order valence-electron chi connectivity index (χ3n) is 6.70. The highest BCUT2D eigenvalue weighted by molar-refractivity contribution is 5.71. The first-order valence-electron chi connectivity index (χ1n) is 11.8. The molecule has 6 nitrogen and oxygen atoms in total. The van der Waals surface area contributed by atoms with E-state index in [1.54, 1.807) is 0 Å². The Morgan fingerprint density at radius 2 is 1.97 bits per heavy atom. The number of fused-ring (bicyclic) bond motifs is 1. The molecular formula is C26H40O6. The summed E-state index contributed by atoms with van der Waals surface area (Å²) in [5, 5.41) is 9.68. The molecule has 0 aromatic heterocycles. The maximum absolute atomic E-state index is 12.0. The number of aliphatic hydroxyl groups excluding tert-OH is 1. The largest absolute Gasteiger partial charge is 0.487 e. The second-order valence-corrected chi connectivity index (χ2v) is 10.0. The molecule has 1 aromatic rings. The van der Waals surface area contributed by atoms with Gasteiger partial charge in [0.15, 0.2) is 0 Å². The molecule has 0 saturated heterocycles. The Morgan fingerprint density at radius 1 is 1.25 bits per heavy atom. The van der Waals surface area contributed by atoms with Crippen LogP contribution in [0, 0.1) is 5.92 Å². The first-order valence-corrected chi connectivity index (χ1v) is 11.8. The van der Waals surface area contributed by atoms with Crippen molar-refractivity contribution >= 4 is 12.4 Å². The van der Waals surface area contributed by atoms with E-state index in [1.165, 1.54) is 26.2 Å². The van der Waals surface area contributed by atoms with Crippen LogP contribution >= 0.6 is 0 Å². The molecule has 1 heterocycles. The molecule has 0 spiro atoms. The number of carbonyl (C=O) groups excluding carboxylic acids is 2. The Bertz CT molecular complexity index is 783. The van der Waals surface area contributed by atoms with Crippen LogP contribution in [0.5, 0.6) is 11.5 Å². The lowest BCUT2D eigenvalue weighted by atomic mass is 9.71. The predicted molar refractivity (Wildman–Crippen MR) is 124 cm³/mol. The standard InChI is InChI=1S/C26H40O6/c1-7-8-9-10-12-25(3,4)19-14-22(31-18(2)29)24-20(16-30-17-28)21(11-13-27)26(5,6)32-23(24)15-19/h14-15,17,20-21,27H,7-13,16H2,1-6H3/t20-,21-/m1/s1. The number of aliphatic hydroxyl groups is 1. The van der Waals surface area contributed by atoms with Gasteiger partial charge in [-0.2, -0.15) is 0 Å². The molecule has 0 radical (unpaired) electrons. The summed E-state index contributed by atoms with van der Waals surface area (Å²) in [5.74, 6) is 0.302. The number of hydrogen-bond donors (Lipinski definition) is 1. The Hall–Kier alpha value is -2.08. The maximum Gasteiger partial charge on any atom is 0.308 e. The molecule has 1 N–H and O–H groups in total. The van der Waals surface area contributed by atoms with E-state index >= 15 is 0 Å². The van der Waals surface area contributed by atoms with Crippen LogP contribution in [0.4, 0.5) is 0 Å². The van der Waals surface area contributed by atoms with Crippen molar-refractivity contribution in [2.75, 3.05) is 13.2 Å². The van der Waals surface area contributed by atoms with E-state index < -0.39 is 11.6 Å². The van der Waals surface area contributed by atoms with Crippen molar-refractivity contribution in [3.05, 3.63) is 23.3 Å². The third-order valence-corrected chi connectivity index (χ3v) is 6.70. The van der Waals surface area contributed by atoms with Crippen LogP contribution in [0.25, 0.3) is 0 Å². The van der Waals surface area contributed by atoms with Crippen molar-refractivity contribution in [2.24, 2.45) is 5.92 Å². The maximum atomic E-state index is 12.0. The number of benzene rings is 1. The monoisotopic (exact) mass is 448 g/mol. The molecule has 180 valence electrons. The number of ether oxygens (including phenoxy) is 3. The highest BCUT2D eigenvalue weighted by Gasteiger charge is 2.46. The van der Waals surface area contributed by atoms with Gasteiger partial charge in [-0.25, -0.2) is 0 Å². The van der Waals surface area contributed by atoms with Gasteiger partial charge in [-0.3, -0.25) is 9.59 Å². The zero-order valence-corrected chi connectivity index (χ0v) is 20.5. The molecule has 1 aliphatic rings. The van der Waals surface area contributed by atoms with E-state index in [9.17, 15) is 14.7 Å². The van der Waals surface area contributed by atoms with Crippen LogP contribution in [0.1, 0.15) is 97.1 Å². The van der Waals surface area contributed by atoms with Crippen LogP contribution in [0.3, 0.4) is 0 Å². The van der Waals surface area contributed by atoms with Crippen LogP contribution in [-0.4, -0.2) is 36.4 Å². The third kappa shape index (κ3) is 6.25. The van der Waals surface area contributed by atoms with Gasteiger partial charge in [-0.05, 0) is 49.8 Å². The molecule has 6 heteroatoms. The fourth-order valence-corrected chi connectivity index (χ4v) is 4.89. The highest BCUT2D eigenvalue weighted by atomic mass is 16.5. The number of esters is 1. The Balaban J connectivity index is 2.57. The number of carbonyl (C=O) groups is 2. The van der Waals surface area contributed by atoms with E-state index in [1.807, 2.05) is 26.0 Å². The smallest absolute Gasteiger partial charge is 0.308 e. The van der Waals surface area contributed by atoms with E-state index in [-0.39, 0.29) is 30.5 Å². The molecule has 32 heavy (non-hydrogen) atoms. The van der Waals surface area contributed by atoms with E-state index in [4.69, 9.17) is 14.2 Å². The first kappa shape index (κ1) is 26.2. The summed E-state index contributed by atoms with van der Waals surface area (Å²) in [6, 6.07) is 3.98. The minimum Gasteiger partial charge on any atom is -0.487 e. The van der Waals surface area contributed by atoms with Crippen molar-refractivity contribution < 1.29 is 28.9 Å². The fraction of sp³-hybridized carbons (Fsp3) is 0.692. The average Bonchev–Trinajstić information content (AvgIpc) is 2.70. The molecule has 2 atom stereocenters. The van der Waals surface area contributed by atoms with Crippen molar-refractivity contribution in [3.8, 4) is 11.5 Å². The summed E-state index contributed by atoms with van der Waals surface area (Å²) >= 11 is 0.